The molecule has 0 aliphatic carbocycles. The highest BCUT2D eigenvalue weighted by atomic mass is 16.5. The van der Waals surface area contributed by atoms with Crippen LogP contribution in [0.25, 0.3) is 10.8 Å². The SMILES string of the molecule is CCOc1nc(N)c2c(N)nc(N3CCCCC3)c(C#N)c2c1Cc1ccc(C)cc1. The zero-order valence-electron chi connectivity index (χ0n) is 18.1. The first-order valence-electron chi connectivity index (χ1n) is 10.8. The van der Waals surface area contributed by atoms with Crippen LogP contribution in [0.3, 0.4) is 0 Å². The Kier molecular flexibility index (Phi) is 5.81. The number of nitriles is 1. The van der Waals surface area contributed by atoms with Crippen molar-refractivity contribution in [1.82, 2.24) is 9.97 Å². The molecule has 0 saturated carbocycles. The molecular formula is C24H28N6O. The number of rotatable bonds is 5. The third-order valence-electron chi connectivity index (χ3n) is 5.79. The number of anilines is 3. The third kappa shape index (κ3) is 3.93. The van der Waals surface area contributed by atoms with Crippen LogP contribution in [0.2, 0.25) is 0 Å². The first-order valence-corrected chi connectivity index (χ1v) is 10.8. The average molecular weight is 417 g/mol. The molecule has 1 fully saturated rings. The van der Waals surface area contributed by atoms with E-state index >= 15 is 0 Å². The van der Waals surface area contributed by atoms with Gasteiger partial charge in [0.15, 0.2) is 0 Å². The van der Waals surface area contributed by atoms with Gasteiger partial charge in [0.25, 0.3) is 0 Å². The molecule has 1 aliphatic rings. The quantitative estimate of drug-likeness (QED) is 0.647. The van der Waals surface area contributed by atoms with Gasteiger partial charge in [-0.15, -0.1) is 0 Å². The maximum Gasteiger partial charge on any atom is 0.219 e. The summed E-state index contributed by atoms with van der Waals surface area (Å²) in [5, 5.41) is 11.4. The minimum absolute atomic E-state index is 0.234. The second-order valence-corrected chi connectivity index (χ2v) is 7.98. The highest BCUT2D eigenvalue weighted by Crippen LogP contribution is 2.40. The van der Waals surface area contributed by atoms with E-state index in [1.165, 1.54) is 12.0 Å². The largest absolute Gasteiger partial charge is 0.478 e. The summed E-state index contributed by atoms with van der Waals surface area (Å²) in [6, 6.07) is 10.7. The van der Waals surface area contributed by atoms with Gasteiger partial charge in [0.1, 0.15) is 29.1 Å². The zero-order valence-corrected chi connectivity index (χ0v) is 18.1. The number of fused-ring (bicyclic) bond motifs is 1. The highest BCUT2D eigenvalue weighted by Gasteiger charge is 2.26. The van der Waals surface area contributed by atoms with E-state index in [4.69, 9.17) is 16.2 Å². The number of nitrogens with zero attached hydrogens (tertiary/aromatic N) is 4. The minimum Gasteiger partial charge on any atom is -0.478 e. The van der Waals surface area contributed by atoms with Crippen molar-refractivity contribution in [2.45, 2.75) is 39.5 Å². The molecule has 4 rings (SSSR count). The molecule has 0 radical (unpaired) electrons. The molecule has 0 bridgehead atoms. The van der Waals surface area contributed by atoms with Crippen molar-refractivity contribution in [2.75, 3.05) is 36.1 Å². The fourth-order valence-corrected chi connectivity index (χ4v) is 4.26. The molecule has 1 aliphatic heterocycles. The molecule has 0 amide bonds. The molecule has 7 heteroatoms. The molecule has 1 aromatic carbocycles. The summed E-state index contributed by atoms with van der Waals surface area (Å²) in [5.41, 5.74) is 16.3. The van der Waals surface area contributed by atoms with E-state index < -0.39 is 0 Å². The van der Waals surface area contributed by atoms with Gasteiger partial charge >= 0.3 is 0 Å². The van der Waals surface area contributed by atoms with E-state index in [1.54, 1.807) is 0 Å². The Morgan fingerprint density at radius 2 is 1.71 bits per heavy atom. The first kappa shape index (κ1) is 20.7. The van der Waals surface area contributed by atoms with Gasteiger partial charge in [-0.2, -0.15) is 10.2 Å². The third-order valence-corrected chi connectivity index (χ3v) is 5.79. The van der Waals surface area contributed by atoms with Crippen LogP contribution in [0.5, 0.6) is 5.88 Å². The maximum absolute atomic E-state index is 10.2. The number of aromatic nitrogens is 2. The fraction of sp³-hybridized carbons (Fsp3) is 0.375. The van der Waals surface area contributed by atoms with Crippen molar-refractivity contribution >= 4 is 28.2 Å². The van der Waals surface area contributed by atoms with E-state index in [0.29, 0.717) is 46.9 Å². The maximum atomic E-state index is 10.2. The Bertz CT molecular complexity index is 1140. The van der Waals surface area contributed by atoms with E-state index in [-0.39, 0.29) is 5.82 Å². The predicted octanol–water partition coefficient (Wildman–Crippen LogP) is 3.95. The topological polar surface area (TPSA) is 114 Å². The molecular weight excluding hydrogens is 388 g/mol. The van der Waals surface area contributed by atoms with Crippen molar-refractivity contribution in [3.8, 4) is 11.9 Å². The summed E-state index contributed by atoms with van der Waals surface area (Å²) < 4.78 is 5.87. The van der Waals surface area contributed by atoms with Gasteiger partial charge in [-0.25, -0.2) is 4.98 Å². The average Bonchev–Trinajstić information content (AvgIpc) is 2.78. The Morgan fingerprint density at radius 1 is 1.03 bits per heavy atom. The number of nitrogen functional groups attached to an aromatic ring is 2. The molecule has 7 nitrogen and oxygen atoms in total. The number of ether oxygens (including phenoxy) is 1. The minimum atomic E-state index is 0.234. The molecule has 160 valence electrons. The van der Waals surface area contributed by atoms with Gasteiger partial charge in [-0.3, -0.25) is 0 Å². The van der Waals surface area contributed by atoms with Crippen LogP contribution in [0.1, 0.15) is 48.4 Å². The lowest BCUT2D eigenvalue weighted by Crippen LogP contribution is -2.31. The smallest absolute Gasteiger partial charge is 0.219 e. The standard InChI is InChI=1S/C24H28N6O/c1-3-31-24-17(13-16-9-7-15(2)8-10-16)19-18(14-25)23(30-11-5-4-6-12-30)28-21(26)20(19)22(27)29-24/h7-10H,3-6,11-13H2,1-2H3,(H2,26,28)(H2,27,29). The normalized spacial score (nSPS) is 13.9. The summed E-state index contributed by atoms with van der Waals surface area (Å²) in [6.45, 7) is 6.13. The van der Waals surface area contributed by atoms with E-state index in [2.05, 4.69) is 52.1 Å². The van der Waals surface area contributed by atoms with Crippen molar-refractivity contribution < 1.29 is 4.74 Å². The molecule has 0 spiro atoms. The first-order chi connectivity index (χ1) is 15.0. The molecule has 31 heavy (non-hydrogen) atoms. The molecule has 0 unspecified atom stereocenters. The summed E-state index contributed by atoms with van der Waals surface area (Å²) in [5.74, 6) is 1.61. The number of benzene rings is 1. The Hall–Kier alpha value is -3.53. The van der Waals surface area contributed by atoms with Gasteiger partial charge in [0.05, 0.1) is 12.0 Å². The molecule has 4 N–H and O–H groups in total. The Labute approximate surface area is 182 Å². The lowest BCUT2D eigenvalue weighted by atomic mass is 9.96. The summed E-state index contributed by atoms with van der Waals surface area (Å²) in [6.07, 6.45) is 3.88. The van der Waals surface area contributed by atoms with Crippen LogP contribution >= 0.6 is 0 Å². The monoisotopic (exact) mass is 416 g/mol. The van der Waals surface area contributed by atoms with Crippen molar-refractivity contribution in [2.24, 2.45) is 0 Å². The number of piperidine rings is 1. The van der Waals surface area contributed by atoms with Crippen LogP contribution in [-0.2, 0) is 6.42 Å². The number of hydrogen-bond donors (Lipinski definition) is 2. The van der Waals surface area contributed by atoms with E-state index in [9.17, 15) is 5.26 Å². The molecule has 0 atom stereocenters. The molecule has 2 aromatic heterocycles. The van der Waals surface area contributed by atoms with Crippen molar-refractivity contribution in [3.05, 3.63) is 46.5 Å². The van der Waals surface area contributed by atoms with Crippen LogP contribution in [0.4, 0.5) is 17.5 Å². The van der Waals surface area contributed by atoms with Crippen molar-refractivity contribution in [1.29, 1.82) is 5.26 Å². The van der Waals surface area contributed by atoms with E-state index in [0.717, 1.165) is 37.1 Å². The van der Waals surface area contributed by atoms with Gasteiger partial charge in [-0.1, -0.05) is 29.8 Å². The lowest BCUT2D eigenvalue weighted by molar-refractivity contribution is 0.325. The highest BCUT2D eigenvalue weighted by molar-refractivity contribution is 6.06. The fourth-order valence-electron chi connectivity index (χ4n) is 4.26. The summed E-state index contributed by atoms with van der Waals surface area (Å²) in [7, 11) is 0. The van der Waals surface area contributed by atoms with Crippen LogP contribution < -0.4 is 21.1 Å². The van der Waals surface area contributed by atoms with Crippen LogP contribution in [-0.4, -0.2) is 29.7 Å². The zero-order chi connectivity index (χ0) is 22.0. The summed E-state index contributed by atoms with van der Waals surface area (Å²) >= 11 is 0. The number of hydrogen-bond acceptors (Lipinski definition) is 7. The second kappa shape index (κ2) is 8.68. The molecule has 1 saturated heterocycles. The second-order valence-electron chi connectivity index (χ2n) is 7.98. The van der Waals surface area contributed by atoms with Gasteiger partial charge in [-0.05, 0) is 38.7 Å². The number of nitrogens with two attached hydrogens (primary N) is 2. The lowest BCUT2D eigenvalue weighted by Gasteiger charge is -2.29. The number of aryl methyl sites for hydroxylation is 1. The summed E-state index contributed by atoms with van der Waals surface area (Å²) in [4.78, 5) is 11.3. The van der Waals surface area contributed by atoms with Gasteiger partial charge < -0.3 is 21.1 Å². The Morgan fingerprint density at radius 3 is 2.35 bits per heavy atom. The van der Waals surface area contributed by atoms with Crippen molar-refractivity contribution in [3.63, 3.8) is 0 Å². The van der Waals surface area contributed by atoms with Gasteiger partial charge in [0.2, 0.25) is 5.88 Å². The van der Waals surface area contributed by atoms with Gasteiger partial charge in [0, 0.05) is 30.5 Å². The molecule has 3 heterocycles. The van der Waals surface area contributed by atoms with Crippen LogP contribution in [0, 0.1) is 18.3 Å². The van der Waals surface area contributed by atoms with E-state index in [1.807, 2.05) is 6.92 Å². The van der Waals surface area contributed by atoms with Crippen LogP contribution in [0.15, 0.2) is 24.3 Å². The predicted molar refractivity (Wildman–Crippen MR) is 124 cm³/mol. The molecule has 3 aromatic rings. The number of pyridine rings is 2. The Balaban J connectivity index is 2.00.